The Morgan fingerprint density at radius 2 is 1.67 bits per heavy atom. The van der Waals surface area contributed by atoms with Gasteiger partial charge in [0.15, 0.2) is 0 Å². The average molecular weight is 203 g/mol. The molecule has 1 aromatic carbocycles. The van der Waals surface area contributed by atoms with Gasteiger partial charge in [-0.3, -0.25) is 0 Å². The third-order valence-corrected chi connectivity index (χ3v) is 1.62. The normalized spacial score (nSPS) is 9.42. The topological polar surface area (TPSA) is 9.23 Å². The van der Waals surface area contributed by atoms with Crippen LogP contribution in [0.2, 0.25) is 0 Å². The Morgan fingerprint density at radius 1 is 1.17 bits per heavy atom. The van der Waals surface area contributed by atoms with E-state index >= 15 is 0 Å². The fourth-order valence-corrected chi connectivity index (χ4v) is 0.907. The summed E-state index contributed by atoms with van der Waals surface area (Å²) in [6, 6.07) is 6.51. The molecular formula is C7H5ClF2MgO. The molecule has 0 amide bonds. The van der Waals surface area contributed by atoms with Crippen molar-refractivity contribution in [3.8, 4) is 5.75 Å². The van der Waals surface area contributed by atoms with Gasteiger partial charge in [-0.15, -0.1) is 0 Å². The standard InChI is InChI=1S/C7H5F2O.ClH.Mg/c8-7(9)10-6-4-2-1-3-5-6;;/h2-5,7H;1H;/q;;+1/p-1. The Labute approximate surface area is 87.9 Å². The molecule has 5 heteroatoms. The maximum Gasteiger partial charge on any atom is -1.00 e. The summed E-state index contributed by atoms with van der Waals surface area (Å²) in [4.78, 5) is 0. The van der Waals surface area contributed by atoms with E-state index in [-0.39, 0.29) is 18.2 Å². The fraction of sp³-hybridized carbons (Fsp3) is 0.143. The molecule has 0 saturated heterocycles. The molecule has 0 aromatic heterocycles. The van der Waals surface area contributed by atoms with E-state index in [4.69, 9.17) is 0 Å². The Hall–Kier alpha value is -0.0638. The van der Waals surface area contributed by atoms with Gasteiger partial charge in [-0.1, -0.05) is 0 Å². The minimum absolute atomic E-state index is 0. The van der Waals surface area contributed by atoms with Crippen LogP contribution in [0.25, 0.3) is 0 Å². The van der Waals surface area contributed by atoms with Crippen LogP contribution in [-0.2, 0) is 0 Å². The molecule has 1 rings (SSSR count). The van der Waals surface area contributed by atoms with Crippen LogP contribution in [0.3, 0.4) is 0 Å². The first kappa shape index (κ1) is 11.9. The van der Waals surface area contributed by atoms with Gasteiger partial charge in [-0.25, -0.2) is 0 Å². The Kier molecular flexibility index (Phi) is 5.53. The van der Waals surface area contributed by atoms with Gasteiger partial charge in [0.25, 0.3) is 0 Å². The third kappa shape index (κ3) is 4.09. The second-order valence-corrected chi connectivity index (χ2v) is 2.84. The van der Waals surface area contributed by atoms with E-state index in [9.17, 15) is 8.78 Å². The Morgan fingerprint density at radius 3 is 2.08 bits per heavy atom. The second-order valence-electron chi connectivity index (χ2n) is 2.02. The molecule has 1 aromatic rings. The van der Waals surface area contributed by atoms with Crippen molar-refractivity contribution in [1.29, 1.82) is 0 Å². The summed E-state index contributed by atoms with van der Waals surface area (Å²) in [5.74, 6) is 0.204. The van der Waals surface area contributed by atoms with Crippen molar-refractivity contribution in [1.82, 2.24) is 0 Å². The molecule has 0 aliphatic carbocycles. The molecule has 0 heterocycles. The van der Waals surface area contributed by atoms with Crippen molar-refractivity contribution in [2.45, 2.75) is 6.61 Å². The molecule has 0 aliphatic heterocycles. The Balaban J connectivity index is 0.00000121. The SMILES string of the molecule is FC(F)Oc1cc[c]([Mg+])cc1.[Cl-]. The van der Waals surface area contributed by atoms with Crippen molar-refractivity contribution >= 4 is 25.4 Å². The van der Waals surface area contributed by atoms with Crippen LogP contribution < -0.4 is 20.8 Å². The summed E-state index contributed by atoms with van der Waals surface area (Å²) < 4.78 is 28.4. The van der Waals surface area contributed by atoms with Crippen LogP contribution in [0.5, 0.6) is 5.75 Å². The predicted octanol–water partition coefficient (Wildman–Crippen LogP) is -1.91. The first-order chi connectivity index (χ1) is 5.18. The van der Waals surface area contributed by atoms with Crippen LogP contribution in [-0.4, -0.2) is 28.3 Å². The van der Waals surface area contributed by atoms with Gasteiger partial charge in [0.1, 0.15) is 0 Å². The van der Waals surface area contributed by atoms with Gasteiger partial charge in [0.2, 0.25) is 0 Å². The van der Waals surface area contributed by atoms with Crippen LogP contribution in [0.4, 0.5) is 8.78 Å². The maximum atomic E-state index is 11.6. The van der Waals surface area contributed by atoms with E-state index in [1.165, 1.54) is 12.1 Å². The summed E-state index contributed by atoms with van der Waals surface area (Å²) in [5.41, 5.74) is 0. The van der Waals surface area contributed by atoms with Crippen LogP contribution in [0, 0.1) is 0 Å². The molecule has 0 atom stereocenters. The first-order valence-corrected chi connectivity index (χ1v) is 3.76. The number of rotatable bonds is 2. The van der Waals surface area contributed by atoms with Crippen molar-refractivity contribution in [2.75, 3.05) is 0 Å². The monoisotopic (exact) mass is 202 g/mol. The second kappa shape index (κ2) is 5.56. The van der Waals surface area contributed by atoms with Gasteiger partial charge in [0, 0.05) is 0 Å². The smallest absolute Gasteiger partial charge is 1.00 e. The number of halogens is 3. The summed E-state index contributed by atoms with van der Waals surface area (Å²) >= 11 is 1.69. The molecule has 0 bridgehead atoms. The van der Waals surface area contributed by atoms with Crippen molar-refractivity contribution in [3.05, 3.63) is 24.3 Å². The molecule has 0 saturated carbocycles. The minimum Gasteiger partial charge on any atom is -1.00 e. The summed E-state index contributed by atoms with van der Waals surface area (Å²) in [7, 11) is 0. The molecule has 0 spiro atoms. The van der Waals surface area contributed by atoms with E-state index in [0.717, 1.165) is 3.69 Å². The van der Waals surface area contributed by atoms with E-state index in [2.05, 4.69) is 4.74 Å². The fourth-order valence-electron chi connectivity index (χ4n) is 0.671. The van der Waals surface area contributed by atoms with E-state index < -0.39 is 6.61 Å². The molecule has 0 radical (unpaired) electrons. The zero-order valence-corrected chi connectivity index (χ0v) is 8.31. The van der Waals surface area contributed by atoms with Crippen molar-refractivity contribution in [3.63, 3.8) is 0 Å². The van der Waals surface area contributed by atoms with E-state index in [1.807, 2.05) is 0 Å². The molecule has 1 nitrogen and oxygen atoms in total. The molecule has 0 unspecified atom stereocenters. The van der Waals surface area contributed by atoms with Gasteiger partial charge in [-0.05, 0) is 0 Å². The predicted molar refractivity (Wildman–Crippen MR) is 38.5 cm³/mol. The zero-order chi connectivity index (χ0) is 8.27. The number of alkyl halides is 2. The van der Waals surface area contributed by atoms with E-state index in [1.54, 1.807) is 33.8 Å². The van der Waals surface area contributed by atoms with Crippen LogP contribution in [0.1, 0.15) is 0 Å². The van der Waals surface area contributed by atoms with Crippen LogP contribution >= 0.6 is 0 Å². The summed E-state index contributed by atoms with van der Waals surface area (Å²) in [6.07, 6.45) is 0. The first-order valence-electron chi connectivity index (χ1n) is 3.05. The molecular weight excluding hydrogens is 198 g/mol. The van der Waals surface area contributed by atoms with Crippen LogP contribution in [0.15, 0.2) is 24.3 Å². The quantitative estimate of drug-likeness (QED) is 0.509. The average Bonchev–Trinajstić information content (AvgIpc) is 1.93. The Bertz CT molecular complexity index is 227. The molecule has 0 aliphatic rings. The third-order valence-electron chi connectivity index (χ3n) is 1.15. The van der Waals surface area contributed by atoms with Gasteiger partial charge >= 0.3 is 75.5 Å². The number of hydrogen-bond acceptors (Lipinski definition) is 1. The van der Waals surface area contributed by atoms with E-state index in [0.29, 0.717) is 0 Å². The van der Waals surface area contributed by atoms with Gasteiger partial charge in [-0.2, -0.15) is 0 Å². The molecule has 0 N–H and O–H groups in total. The molecule has 62 valence electrons. The number of ether oxygens (including phenoxy) is 1. The zero-order valence-electron chi connectivity index (χ0n) is 6.14. The molecule has 12 heavy (non-hydrogen) atoms. The summed E-state index contributed by atoms with van der Waals surface area (Å²) in [6.45, 7) is -2.74. The van der Waals surface area contributed by atoms with Crippen molar-refractivity contribution < 1.29 is 25.9 Å². The number of benzene rings is 1. The number of hydrogen-bond donors (Lipinski definition) is 0. The summed E-state index contributed by atoms with van der Waals surface area (Å²) in [5, 5.41) is 0. The largest absolute Gasteiger partial charge is 1.00 e. The van der Waals surface area contributed by atoms with Crippen molar-refractivity contribution in [2.24, 2.45) is 0 Å². The molecule has 0 fully saturated rings. The maximum absolute atomic E-state index is 11.6. The van der Waals surface area contributed by atoms with Gasteiger partial charge in [0.05, 0.1) is 0 Å². The minimum atomic E-state index is -2.74. The van der Waals surface area contributed by atoms with Gasteiger partial charge < -0.3 is 12.4 Å².